The highest BCUT2D eigenvalue weighted by atomic mass is 79.9. The molecule has 3 aromatic rings. The maximum absolute atomic E-state index is 13.9. The molecule has 0 radical (unpaired) electrons. The van der Waals surface area contributed by atoms with E-state index in [0.717, 1.165) is 15.6 Å². The average Bonchev–Trinajstić information content (AvgIpc) is 2.86. The van der Waals surface area contributed by atoms with E-state index in [-0.39, 0.29) is 12.5 Å². The van der Waals surface area contributed by atoms with Crippen LogP contribution in [0.4, 0.5) is 16.3 Å². The maximum Gasteiger partial charge on any atom is 0.412 e. The van der Waals surface area contributed by atoms with Gasteiger partial charge in [0.25, 0.3) is 0 Å². The molecule has 2 atom stereocenters. The number of anilines is 2. The highest BCUT2D eigenvalue weighted by molar-refractivity contribution is 9.10. The summed E-state index contributed by atoms with van der Waals surface area (Å²) in [7, 11) is 0. The number of carbonyl (C=O) groups excluding carboxylic acids is 2. The van der Waals surface area contributed by atoms with E-state index >= 15 is 0 Å². The van der Waals surface area contributed by atoms with Crippen LogP contribution in [0, 0.1) is 0 Å². The summed E-state index contributed by atoms with van der Waals surface area (Å²) >= 11 is 9.69. The van der Waals surface area contributed by atoms with Gasteiger partial charge in [0.05, 0.1) is 12.2 Å². The van der Waals surface area contributed by atoms with Gasteiger partial charge in [0, 0.05) is 34.2 Å². The van der Waals surface area contributed by atoms with Crippen LogP contribution in [-0.2, 0) is 21.6 Å². The number of benzene rings is 2. The molecule has 2 amide bonds. The summed E-state index contributed by atoms with van der Waals surface area (Å²) in [6.45, 7) is 0.829. The van der Waals surface area contributed by atoms with Gasteiger partial charge >= 0.3 is 6.09 Å². The molecule has 9 heteroatoms. The van der Waals surface area contributed by atoms with Gasteiger partial charge in [0.1, 0.15) is 11.9 Å². The number of carbonyl (C=O) groups is 2. The van der Waals surface area contributed by atoms with Crippen LogP contribution in [0.3, 0.4) is 0 Å². The summed E-state index contributed by atoms with van der Waals surface area (Å²) in [6.07, 6.45) is 2.97. The fraction of sp³-hybridized carbons (Fsp3) is 0.269. The fourth-order valence-electron chi connectivity index (χ4n) is 4.79. The molecule has 1 aromatic heterocycles. The van der Waals surface area contributed by atoms with Crippen molar-refractivity contribution in [1.82, 2.24) is 9.88 Å². The van der Waals surface area contributed by atoms with Crippen LogP contribution in [0.1, 0.15) is 24.0 Å². The van der Waals surface area contributed by atoms with Gasteiger partial charge in [-0.25, -0.2) is 9.78 Å². The van der Waals surface area contributed by atoms with E-state index in [1.807, 2.05) is 48.5 Å². The Kier molecular flexibility index (Phi) is 6.67. The molecule has 0 bridgehead atoms. The van der Waals surface area contributed by atoms with Gasteiger partial charge in [0.2, 0.25) is 5.91 Å². The summed E-state index contributed by atoms with van der Waals surface area (Å²) in [4.78, 5) is 32.5. The molecule has 35 heavy (non-hydrogen) atoms. The van der Waals surface area contributed by atoms with Crippen LogP contribution in [-0.4, -0.2) is 41.0 Å². The molecule has 1 spiro atoms. The summed E-state index contributed by atoms with van der Waals surface area (Å²) < 4.78 is 6.72. The molecule has 0 aliphatic carbocycles. The number of halogens is 2. The first-order valence-electron chi connectivity index (χ1n) is 11.4. The van der Waals surface area contributed by atoms with Crippen LogP contribution in [0.15, 0.2) is 71.3 Å². The van der Waals surface area contributed by atoms with Crippen molar-refractivity contribution in [2.24, 2.45) is 0 Å². The van der Waals surface area contributed by atoms with E-state index in [2.05, 4.69) is 31.5 Å². The molecule has 2 aliphatic heterocycles. The van der Waals surface area contributed by atoms with Crippen molar-refractivity contribution in [1.29, 1.82) is 0 Å². The van der Waals surface area contributed by atoms with Crippen molar-refractivity contribution in [3.8, 4) is 0 Å². The third-order valence-corrected chi connectivity index (χ3v) is 7.10. The SMILES string of the molecule is O=C1Nc2ccc(Cl)cc2C2(CCCN(C(=O)[C@@H](Cc3ccccc3)Nc3ccc(Br)cn3)C2)O1. The Labute approximate surface area is 217 Å². The van der Waals surface area contributed by atoms with Crippen molar-refractivity contribution in [3.05, 3.63) is 87.5 Å². The lowest BCUT2D eigenvalue weighted by Crippen LogP contribution is -2.56. The van der Waals surface area contributed by atoms with Crippen LogP contribution in [0.5, 0.6) is 0 Å². The summed E-state index contributed by atoms with van der Waals surface area (Å²) in [5.41, 5.74) is 1.55. The number of nitrogens with zero attached hydrogens (tertiary/aromatic N) is 2. The second-order valence-electron chi connectivity index (χ2n) is 8.81. The number of hydrogen-bond acceptors (Lipinski definition) is 5. The number of hydrogen-bond donors (Lipinski definition) is 2. The minimum atomic E-state index is -0.941. The minimum Gasteiger partial charge on any atom is -0.436 e. The topological polar surface area (TPSA) is 83.6 Å². The van der Waals surface area contributed by atoms with Crippen LogP contribution < -0.4 is 10.6 Å². The standard InChI is InChI=1S/C26H24BrClN4O3/c27-18-7-10-23(29-15-18)30-22(13-17-5-2-1-3-6-17)24(33)32-12-4-11-26(16-32)20-14-19(28)8-9-21(20)31-25(34)35-26/h1-3,5-10,14-15,22H,4,11-13,16H2,(H,29,30)(H,31,34)/t22-,26?/m1/s1. The molecule has 5 rings (SSSR count). The van der Waals surface area contributed by atoms with Gasteiger partial charge in [-0.05, 0) is 64.7 Å². The molecule has 3 heterocycles. The molecule has 0 saturated carbocycles. The highest BCUT2D eigenvalue weighted by Gasteiger charge is 2.47. The first kappa shape index (κ1) is 23.6. The quantitative estimate of drug-likeness (QED) is 0.428. The summed E-state index contributed by atoms with van der Waals surface area (Å²) in [6, 6.07) is 18.4. The number of fused-ring (bicyclic) bond motifs is 2. The van der Waals surface area contributed by atoms with Crippen molar-refractivity contribution in [2.45, 2.75) is 30.9 Å². The largest absolute Gasteiger partial charge is 0.436 e. The Balaban J connectivity index is 1.44. The Morgan fingerprint density at radius 1 is 1.23 bits per heavy atom. The smallest absolute Gasteiger partial charge is 0.412 e. The lowest BCUT2D eigenvalue weighted by molar-refractivity contribution is -0.139. The van der Waals surface area contributed by atoms with E-state index in [9.17, 15) is 9.59 Å². The Morgan fingerprint density at radius 3 is 2.83 bits per heavy atom. The predicted molar refractivity (Wildman–Crippen MR) is 139 cm³/mol. The van der Waals surface area contributed by atoms with Gasteiger partial charge in [-0.2, -0.15) is 0 Å². The van der Waals surface area contributed by atoms with Crippen LogP contribution >= 0.6 is 27.5 Å². The fourth-order valence-corrected chi connectivity index (χ4v) is 5.20. The molecule has 7 nitrogen and oxygen atoms in total. The molecule has 2 N–H and O–H groups in total. The number of rotatable bonds is 5. The molecule has 180 valence electrons. The number of pyridine rings is 1. The lowest BCUT2D eigenvalue weighted by Gasteiger charge is -2.45. The molecule has 1 unspecified atom stereocenters. The zero-order valence-corrected chi connectivity index (χ0v) is 21.2. The predicted octanol–water partition coefficient (Wildman–Crippen LogP) is 5.60. The average molecular weight is 556 g/mol. The first-order chi connectivity index (χ1) is 16.9. The number of ether oxygens (including phenoxy) is 1. The van der Waals surface area contributed by atoms with Crippen LogP contribution in [0.25, 0.3) is 0 Å². The van der Waals surface area contributed by atoms with E-state index < -0.39 is 17.7 Å². The Bertz CT molecular complexity index is 1240. The lowest BCUT2D eigenvalue weighted by atomic mass is 9.83. The molecule has 2 aromatic carbocycles. The monoisotopic (exact) mass is 554 g/mol. The minimum absolute atomic E-state index is 0.0733. The highest BCUT2D eigenvalue weighted by Crippen LogP contribution is 2.43. The van der Waals surface area contributed by atoms with Crippen molar-refractivity contribution in [2.75, 3.05) is 23.7 Å². The molecular weight excluding hydrogens is 532 g/mol. The molecule has 1 saturated heterocycles. The first-order valence-corrected chi connectivity index (χ1v) is 12.6. The second-order valence-corrected chi connectivity index (χ2v) is 10.2. The van der Waals surface area contributed by atoms with E-state index in [1.165, 1.54) is 0 Å². The van der Waals surface area contributed by atoms with Gasteiger partial charge < -0.3 is 15.0 Å². The normalized spacial score (nSPS) is 19.9. The second kappa shape index (κ2) is 9.87. The third kappa shape index (κ3) is 5.13. The van der Waals surface area contributed by atoms with Crippen LogP contribution in [0.2, 0.25) is 5.02 Å². The van der Waals surface area contributed by atoms with Crippen molar-refractivity contribution in [3.63, 3.8) is 0 Å². The van der Waals surface area contributed by atoms with Gasteiger partial charge in [-0.1, -0.05) is 41.9 Å². The number of piperidine rings is 1. The zero-order chi connectivity index (χ0) is 24.4. The Morgan fingerprint density at radius 2 is 2.06 bits per heavy atom. The number of likely N-dealkylation sites (tertiary alicyclic amines) is 1. The zero-order valence-electron chi connectivity index (χ0n) is 18.8. The van der Waals surface area contributed by atoms with E-state index in [1.54, 1.807) is 23.2 Å². The molecule has 1 fully saturated rings. The molecule has 2 aliphatic rings. The maximum atomic E-state index is 13.9. The van der Waals surface area contributed by atoms with E-state index in [0.29, 0.717) is 42.3 Å². The van der Waals surface area contributed by atoms with Gasteiger partial charge in [0.15, 0.2) is 5.60 Å². The third-order valence-electron chi connectivity index (χ3n) is 6.39. The number of amides is 2. The van der Waals surface area contributed by atoms with Gasteiger partial charge in [-0.15, -0.1) is 0 Å². The van der Waals surface area contributed by atoms with Gasteiger partial charge in [-0.3, -0.25) is 10.1 Å². The van der Waals surface area contributed by atoms with E-state index in [4.69, 9.17) is 16.3 Å². The summed E-state index contributed by atoms with van der Waals surface area (Å²) in [5, 5.41) is 6.62. The Hall–Kier alpha value is -3.10. The number of nitrogens with one attached hydrogen (secondary N) is 2. The van der Waals surface area contributed by atoms with Crippen molar-refractivity contribution < 1.29 is 14.3 Å². The molecular formula is C26H24BrClN4O3. The van der Waals surface area contributed by atoms with Crippen molar-refractivity contribution >= 4 is 51.0 Å². The number of aromatic nitrogens is 1. The summed E-state index contributed by atoms with van der Waals surface area (Å²) in [5.74, 6) is 0.537.